The second-order valence-electron chi connectivity index (χ2n) is 8.48. The molecule has 1 radical (unpaired) electrons. The normalized spacial score (nSPS) is 19.6. The average Bonchev–Trinajstić information content (AvgIpc) is 2.60. The number of hydrogen-bond acceptors (Lipinski definition) is 4. The van der Waals surface area contributed by atoms with Gasteiger partial charge in [0.05, 0.1) is 5.56 Å². The number of piperidine rings is 1. The van der Waals surface area contributed by atoms with Gasteiger partial charge in [0.15, 0.2) is 0 Å². The van der Waals surface area contributed by atoms with Crippen LogP contribution in [0.2, 0.25) is 0 Å². The third-order valence-electron chi connectivity index (χ3n) is 5.15. The van der Waals surface area contributed by atoms with Crippen LogP contribution in [0.25, 0.3) is 11.1 Å². The summed E-state index contributed by atoms with van der Waals surface area (Å²) in [5.74, 6) is -0.155. The van der Waals surface area contributed by atoms with Gasteiger partial charge in [0.1, 0.15) is 11.9 Å². The lowest BCUT2D eigenvalue weighted by atomic mass is 9.80. The largest absolute Gasteiger partial charge is 0.508 e. The molecule has 0 amide bonds. The van der Waals surface area contributed by atoms with Crippen LogP contribution < -0.4 is 0 Å². The number of hydrogen-bond donors (Lipinski definition) is 1. The summed E-state index contributed by atoms with van der Waals surface area (Å²) >= 11 is 0. The van der Waals surface area contributed by atoms with Crippen LogP contribution in [0.15, 0.2) is 48.5 Å². The molecule has 1 aliphatic heterocycles. The van der Waals surface area contributed by atoms with Gasteiger partial charge in [-0.1, -0.05) is 24.3 Å². The monoisotopic (exact) mass is 368 g/mol. The molecule has 0 unspecified atom stereocenters. The lowest BCUT2D eigenvalue weighted by Crippen LogP contribution is -2.60. The van der Waals surface area contributed by atoms with E-state index in [9.17, 15) is 15.1 Å². The summed E-state index contributed by atoms with van der Waals surface area (Å²) in [4.78, 5) is 12.6. The number of aromatic hydroxyl groups is 1. The summed E-state index contributed by atoms with van der Waals surface area (Å²) in [5, 5.41) is 22.9. The molecule has 2 aromatic rings. The van der Waals surface area contributed by atoms with Gasteiger partial charge in [-0.05, 0) is 63.1 Å². The number of ether oxygens (including phenoxy) is 1. The Morgan fingerprint density at radius 3 is 1.85 bits per heavy atom. The van der Waals surface area contributed by atoms with E-state index < -0.39 is 11.1 Å². The molecule has 1 N–H and O–H groups in total. The van der Waals surface area contributed by atoms with Crippen LogP contribution in [0.3, 0.4) is 0 Å². The zero-order valence-corrected chi connectivity index (χ0v) is 16.2. The predicted octanol–water partition coefficient (Wildman–Crippen LogP) is 4.58. The van der Waals surface area contributed by atoms with Crippen LogP contribution in [0.5, 0.6) is 5.75 Å². The van der Waals surface area contributed by atoms with Crippen LogP contribution in [0.4, 0.5) is 0 Å². The summed E-state index contributed by atoms with van der Waals surface area (Å²) in [5.41, 5.74) is 1.25. The first kappa shape index (κ1) is 19.4. The van der Waals surface area contributed by atoms with Gasteiger partial charge in [-0.15, -0.1) is 10.3 Å². The summed E-state index contributed by atoms with van der Waals surface area (Å²) < 4.78 is 5.72. The third-order valence-corrected chi connectivity index (χ3v) is 5.15. The molecule has 1 saturated heterocycles. The first-order chi connectivity index (χ1) is 12.6. The number of nitrogens with zero attached hydrogens (tertiary/aromatic N) is 1. The maximum Gasteiger partial charge on any atom is 0.338 e. The van der Waals surface area contributed by atoms with Crippen molar-refractivity contribution in [3.05, 3.63) is 54.1 Å². The Morgan fingerprint density at radius 1 is 0.926 bits per heavy atom. The van der Waals surface area contributed by atoms with E-state index >= 15 is 0 Å². The molecule has 1 heterocycles. The van der Waals surface area contributed by atoms with Gasteiger partial charge in [0, 0.05) is 23.9 Å². The van der Waals surface area contributed by atoms with Crippen LogP contribution in [-0.4, -0.2) is 33.3 Å². The summed E-state index contributed by atoms with van der Waals surface area (Å²) in [6.07, 6.45) is 0.735. The molecule has 5 nitrogen and oxygen atoms in total. The Hall–Kier alpha value is -2.37. The second kappa shape index (κ2) is 6.98. The fraction of sp³-hybridized carbons (Fsp3) is 0.409. The summed E-state index contributed by atoms with van der Waals surface area (Å²) in [6, 6.07) is 14.1. The number of phenolic OH excluding ortho intramolecular Hbond substituents is 1. The van der Waals surface area contributed by atoms with Gasteiger partial charge in [0.25, 0.3) is 0 Å². The molecule has 1 fully saturated rings. The highest BCUT2D eigenvalue weighted by Crippen LogP contribution is 2.38. The standard InChI is InChI=1S/C22H26NO4/c1-21(2)13-19(14-22(3,4)23(21)26)27-20(25)17-7-5-15(6-8-17)16-9-11-18(24)12-10-16/h5-12,19,24H,13-14H2,1-4H3. The second-order valence-corrected chi connectivity index (χ2v) is 8.48. The van der Waals surface area contributed by atoms with Crippen LogP contribution in [0.1, 0.15) is 50.9 Å². The smallest absolute Gasteiger partial charge is 0.338 e. The number of phenols is 1. The first-order valence-electron chi connectivity index (χ1n) is 9.16. The van der Waals surface area contributed by atoms with Crippen LogP contribution >= 0.6 is 0 Å². The number of hydroxylamine groups is 2. The van der Waals surface area contributed by atoms with E-state index in [0.29, 0.717) is 18.4 Å². The highest BCUT2D eigenvalue weighted by Gasteiger charge is 2.47. The molecule has 0 atom stereocenters. The van der Waals surface area contributed by atoms with E-state index in [1.54, 1.807) is 24.3 Å². The Bertz CT molecular complexity index is 791. The van der Waals surface area contributed by atoms with Gasteiger partial charge in [-0.25, -0.2) is 4.79 Å². The lowest BCUT2D eigenvalue weighted by Gasteiger charge is -2.49. The molecule has 0 aliphatic carbocycles. The average molecular weight is 368 g/mol. The van der Waals surface area contributed by atoms with Crippen molar-refractivity contribution in [2.45, 2.75) is 57.7 Å². The number of benzene rings is 2. The van der Waals surface area contributed by atoms with Crippen molar-refractivity contribution in [2.75, 3.05) is 0 Å². The van der Waals surface area contributed by atoms with E-state index in [1.807, 2.05) is 52.0 Å². The van der Waals surface area contributed by atoms with Crippen molar-refractivity contribution in [3.8, 4) is 16.9 Å². The van der Waals surface area contributed by atoms with Gasteiger partial charge in [-0.2, -0.15) is 0 Å². The predicted molar refractivity (Wildman–Crippen MR) is 103 cm³/mol. The Balaban J connectivity index is 1.70. The van der Waals surface area contributed by atoms with Crippen molar-refractivity contribution in [1.29, 1.82) is 0 Å². The highest BCUT2D eigenvalue weighted by molar-refractivity contribution is 5.90. The van der Waals surface area contributed by atoms with Crippen LogP contribution in [-0.2, 0) is 9.94 Å². The van der Waals surface area contributed by atoms with Gasteiger partial charge < -0.3 is 9.84 Å². The molecule has 0 aromatic heterocycles. The van der Waals surface area contributed by atoms with E-state index in [1.165, 1.54) is 0 Å². The first-order valence-corrected chi connectivity index (χ1v) is 9.16. The Labute approximate surface area is 160 Å². The van der Waals surface area contributed by atoms with E-state index in [0.717, 1.165) is 16.2 Å². The van der Waals surface area contributed by atoms with Crippen molar-refractivity contribution in [1.82, 2.24) is 5.06 Å². The highest BCUT2D eigenvalue weighted by atomic mass is 16.5. The quantitative estimate of drug-likeness (QED) is 0.805. The van der Waals surface area contributed by atoms with E-state index in [2.05, 4.69) is 0 Å². The SMILES string of the molecule is CC1(C)CC(OC(=O)c2ccc(-c3ccc(O)cc3)cc2)CC(C)(C)N1[O]. The minimum absolute atomic E-state index is 0.217. The molecule has 143 valence electrons. The lowest BCUT2D eigenvalue weighted by molar-refractivity contribution is -0.298. The summed E-state index contributed by atoms with van der Waals surface area (Å²) in [7, 11) is 0. The molecule has 5 heteroatoms. The van der Waals surface area contributed by atoms with Crippen molar-refractivity contribution >= 4 is 5.97 Å². The van der Waals surface area contributed by atoms with E-state index in [-0.39, 0.29) is 17.8 Å². The minimum atomic E-state index is -0.574. The van der Waals surface area contributed by atoms with Crippen LogP contribution in [0, 0.1) is 0 Å². The van der Waals surface area contributed by atoms with Crippen molar-refractivity contribution in [3.63, 3.8) is 0 Å². The zero-order valence-electron chi connectivity index (χ0n) is 16.2. The topological polar surface area (TPSA) is 69.7 Å². The van der Waals surface area contributed by atoms with Gasteiger partial charge >= 0.3 is 5.97 Å². The minimum Gasteiger partial charge on any atom is -0.508 e. The molecular formula is C22H26NO4. The fourth-order valence-corrected chi connectivity index (χ4v) is 3.93. The maximum absolute atomic E-state index is 12.6. The number of esters is 1. The molecule has 0 saturated carbocycles. The fourth-order valence-electron chi connectivity index (χ4n) is 3.93. The molecular weight excluding hydrogens is 342 g/mol. The molecule has 0 bridgehead atoms. The number of rotatable bonds is 3. The molecule has 1 aliphatic rings. The molecule has 27 heavy (non-hydrogen) atoms. The van der Waals surface area contributed by atoms with Gasteiger partial charge in [-0.3, -0.25) is 0 Å². The van der Waals surface area contributed by atoms with Gasteiger partial charge in [0.2, 0.25) is 0 Å². The molecule has 3 rings (SSSR count). The van der Waals surface area contributed by atoms with Crippen molar-refractivity contribution in [2.24, 2.45) is 0 Å². The summed E-state index contributed by atoms with van der Waals surface area (Å²) in [6.45, 7) is 7.53. The Kier molecular flexibility index (Phi) is 5.02. The van der Waals surface area contributed by atoms with E-state index in [4.69, 9.17) is 4.74 Å². The Morgan fingerprint density at radius 2 is 1.37 bits per heavy atom. The third kappa shape index (κ3) is 4.15. The molecule has 2 aromatic carbocycles. The number of carbonyl (C=O) groups is 1. The van der Waals surface area contributed by atoms with Crippen molar-refractivity contribution < 1.29 is 19.8 Å². The number of carbonyl (C=O) groups excluding carboxylic acids is 1. The maximum atomic E-state index is 12.6. The molecule has 0 spiro atoms. The zero-order chi connectivity index (χ0) is 19.8.